The first-order valence-corrected chi connectivity index (χ1v) is 8.89. The molecule has 1 aromatic rings. The number of hydrogen-bond acceptors (Lipinski definition) is 2. The Bertz CT molecular complexity index is 382. The minimum Gasteiger partial charge on any atom is -0.492 e. The third-order valence-corrected chi connectivity index (χ3v) is 4.67. The van der Waals surface area contributed by atoms with Crippen molar-refractivity contribution in [2.45, 2.75) is 31.7 Å². The highest BCUT2D eigenvalue weighted by Gasteiger charge is 2.24. The smallest absolute Gasteiger partial charge is 0.120 e. The molecule has 0 saturated heterocycles. The molecule has 19 heavy (non-hydrogen) atoms. The van der Waals surface area contributed by atoms with Gasteiger partial charge in [-0.15, -0.1) is 0 Å². The van der Waals surface area contributed by atoms with Crippen LogP contribution in [0.15, 0.2) is 28.7 Å². The average molecular weight is 391 g/mol. The van der Waals surface area contributed by atoms with E-state index in [1.54, 1.807) is 0 Å². The maximum absolute atomic E-state index is 5.83. The standard InChI is InChI=1S/C15H21Br2NO/c16-8-3-9-18(14-5-2-6-14)10-11-19-15-7-1-4-13(17)12-15/h1,4,7,12,14H,2-3,5-6,8-11H2. The minimum atomic E-state index is 0.773. The van der Waals surface area contributed by atoms with Gasteiger partial charge < -0.3 is 4.74 Å². The van der Waals surface area contributed by atoms with Gasteiger partial charge in [-0.05, 0) is 44.0 Å². The lowest BCUT2D eigenvalue weighted by atomic mass is 9.91. The van der Waals surface area contributed by atoms with Gasteiger partial charge in [-0.2, -0.15) is 0 Å². The van der Waals surface area contributed by atoms with E-state index in [1.807, 2.05) is 24.3 Å². The first kappa shape index (κ1) is 15.3. The molecular formula is C15H21Br2NO. The van der Waals surface area contributed by atoms with Crippen molar-refractivity contribution in [3.8, 4) is 5.75 Å². The molecule has 0 unspecified atom stereocenters. The molecule has 0 amide bonds. The number of alkyl halides is 1. The van der Waals surface area contributed by atoms with Gasteiger partial charge in [-0.3, -0.25) is 4.90 Å². The maximum Gasteiger partial charge on any atom is 0.120 e. The number of rotatable bonds is 8. The molecule has 0 bridgehead atoms. The predicted molar refractivity (Wildman–Crippen MR) is 87.3 cm³/mol. The van der Waals surface area contributed by atoms with Crippen molar-refractivity contribution in [1.82, 2.24) is 4.90 Å². The van der Waals surface area contributed by atoms with Crippen molar-refractivity contribution in [1.29, 1.82) is 0 Å². The Balaban J connectivity index is 1.75. The largest absolute Gasteiger partial charge is 0.492 e. The van der Waals surface area contributed by atoms with Crippen molar-refractivity contribution < 1.29 is 4.74 Å². The molecule has 0 aromatic heterocycles. The van der Waals surface area contributed by atoms with Gasteiger partial charge in [0.15, 0.2) is 0 Å². The van der Waals surface area contributed by atoms with Crippen molar-refractivity contribution in [2.24, 2.45) is 0 Å². The van der Waals surface area contributed by atoms with Crippen LogP contribution in [0.5, 0.6) is 5.75 Å². The third-order valence-electron chi connectivity index (χ3n) is 3.61. The molecule has 1 aliphatic rings. The summed E-state index contributed by atoms with van der Waals surface area (Å²) in [6, 6.07) is 8.85. The second-order valence-electron chi connectivity index (χ2n) is 4.97. The Hall–Kier alpha value is -0.0600. The number of benzene rings is 1. The Morgan fingerprint density at radius 1 is 1.26 bits per heavy atom. The Kier molecular flexibility index (Phi) is 6.68. The van der Waals surface area contributed by atoms with E-state index in [4.69, 9.17) is 4.74 Å². The van der Waals surface area contributed by atoms with Gasteiger partial charge in [-0.25, -0.2) is 0 Å². The fraction of sp³-hybridized carbons (Fsp3) is 0.600. The molecule has 106 valence electrons. The molecule has 2 nitrogen and oxygen atoms in total. The summed E-state index contributed by atoms with van der Waals surface area (Å²) in [7, 11) is 0. The van der Waals surface area contributed by atoms with E-state index < -0.39 is 0 Å². The topological polar surface area (TPSA) is 12.5 Å². The monoisotopic (exact) mass is 389 g/mol. The van der Waals surface area contributed by atoms with E-state index in [2.05, 4.69) is 36.8 Å². The molecule has 1 fully saturated rings. The summed E-state index contributed by atoms with van der Waals surface area (Å²) in [5, 5.41) is 1.09. The highest BCUT2D eigenvalue weighted by atomic mass is 79.9. The minimum absolute atomic E-state index is 0.773. The van der Waals surface area contributed by atoms with Crippen LogP contribution >= 0.6 is 31.9 Å². The number of nitrogens with zero attached hydrogens (tertiary/aromatic N) is 1. The second-order valence-corrected chi connectivity index (χ2v) is 6.68. The van der Waals surface area contributed by atoms with Crippen molar-refractivity contribution in [3.63, 3.8) is 0 Å². The van der Waals surface area contributed by atoms with Gasteiger partial charge in [-0.1, -0.05) is 44.3 Å². The van der Waals surface area contributed by atoms with Gasteiger partial charge in [0.05, 0.1) is 0 Å². The zero-order valence-corrected chi connectivity index (χ0v) is 14.3. The summed E-state index contributed by atoms with van der Waals surface area (Å²) in [4.78, 5) is 2.59. The molecule has 0 N–H and O–H groups in total. The molecule has 1 aliphatic carbocycles. The lowest BCUT2D eigenvalue weighted by Crippen LogP contribution is -2.43. The van der Waals surface area contributed by atoms with Crippen molar-refractivity contribution >= 4 is 31.9 Å². The van der Waals surface area contributed by atoms with Crippen LogP contribution in [0.25, 0.3) is 0 Å². The number of halogens is 2. The molecule has 0 aliphatic heterocycles. The summed E-state index contributed by atoms with van der Waals surface area (Å²) >= 11 is 6.98. The SMILES string of the molecule is BrCCCN(CCOc1cccc(Br)c1)C1CCC1. The average Bonchev–Trinajstić information content (AvgIpc) is 2.33. The van der Waals surface area contributed by atoms with Crippen LogP contribution in [0, 0.1) is 0 Å². The van der Waals surface area contributed by atoms with Crippen LogP contribution in [-0.4, -0.2) is 36.0 Å². The molecular weight excluding hydrogens is 370 g/mol. The molecule has 1 saturated carbocycles. The van der Waals surface area contributed by atoms with E-state index in [1.165, 1.54) is 32.2 Å². The second kappa shape index (κ2) is 8.28. The maximum atomic E-state index is 5.83. The zero-order chi connectivity index (χ0) is 13.5. The lowest BCUT2D eigenvalue weighted by Gasteiger charge is -2.37. The zero-order valence-electron chi connectivity index (χ0n) is 11.2. The Morgan fingerprint density at radius 2 is 2.11 bits per heavy atom. The van der Waals surface area contributed by atoms with Gasteiger partial charge in [0.1, 0.15) is 12.4 Å². The molecule has 0 heterocycles. The van der Waals surface area contributed by atoms with Crippen LogP contribution in [0.4, 0.5) is 0 Å². The van der Waals surface area contributed by atoms with E-state index in [0.717, 1.165) is 34.7 Å². The predicted octanol–water partition coefficient (Wildman–Crippen LogP) is 4.47. The molecule has 0 spiro atoms. The van der Waals surface area contributed by atoms with Crippen LogP contribution in [0.3, 0.4) is 0 Å². The van der Waals surface area contributed by atoms with Crippen LogP contribution in [-0.2, 0) is 0 Å². The summed E-state index contributed by atoms with van der Waals surface area (Å²) in [5.74, 6) is 0.948. The van der Waals surface area contributed by atoms with E-state index in [0.29, 0.717) is 0 Å². The lowest BCUT2D eigenvalue weighted by molar-refractivity contribution is 0.107. The number of hydrogen-bond donors (Lipinski definition) is 0. The Morgan fingerprint density at radius 3 is 2.74 bits per heavy atom. The summed E-state index contributed by atoms with van der Waals surface area (Å²) < 4.78 is 6.90. The normalized spacial score (nSPS) is 15.5. The van der Waals surface area contributed by atoms with Crippen molar-refractivity contribution in [2.75, 3.05) is 25.0 Å². The van der Waals surface area contributed by atoms with E-state index in [9.17, 15) is 0 Å². The first-order chi connectivity index (χ1) is 9.29. The van der Waals surface area contributed by atoms with E-state index in [-0.39, 0.29) is 0 Å². The van der Waals surface area contributed by atoms with Gasteiger partial charge in [0.25, 0.3) is 0 Å². The molecule has 2 rings (SSSR count). The summed E-state index contributed by atoms with van der Waals surface area (Å²) in [6.07, 6.45) is 5.33. The van der Waals surface area contributed by atoms with Crippen molar-refractivity contribution in [3.05, 3.63) is 28.7 Å². The summed E-state index contributed by atoms with van der Waals surface area (Å²) in [6.45, 7) is 2.98. The van der Waals surface area contributed by atoms with Crippen LogP contribution < -0.4 is 4.74 Å². The Labute approximate surface area is 132 Å². The first-order valence-electron chi connectivity index (χ1n) is 6.98. The highest BCUT2D eigenvalue weighted by Crippen LogP contribution is 2.25. The molecule has 0 radical (unpaired) electrons. The highest BCUT2D eigenvalue weighted by molar-refractivity contribution is 9.10. The fourth-order valence-electron chi connectivity index (χ4n) is 2.33. The fourth-order valence-corrected chi connectivity index (χ4v) is 2.96. The molecule has 1 aromatic carbocycles. The third kappa shape index (κ3) is 5.09. The van der Waals surface area contributed by atoms with Crippen LogP contribution in [0.2, 0.25) is 0 Å². The molecule has 0 atom stereocenters. The van der Waals surface area contributed by atoms with Gasteiger partial charge in [0, 0.05) is 22.4 Å². The number of ether oxygens (including phenoxy) is 1. The van der Waals surface area contributed by atoms with Crippen LogP contribution in [0.1, 0.15) is 25.7 Å². The molecule has 4 heteroatoms. The van der Waals surface area contributed by atoms with Gasteiger partial charge in [0.2, 0.25) is 0 Å². The quantitative estimate of drug-likeness (QED) is 0.607. The van der Waals surface area contributed by atoms with E-state index >= 15 is 0 Å². The van der Waals surface area contributed by atoms with Gasteiger partial charge >= 0.3 is 0 Å². The summed E-state index contributed by atoms with van der Waals surface area (Å²) in [5.41, 5.74) is 0.